The third kappa shape index (κ3) is 14.6. The van der Waals surface area contributed by atoms with Gasteiger partial charge < -0.3 is 45.0 Å². The van der Waals surface area contributed by atoms with Crippen LogP contribution in [0.4, 0.5) is 20.4 Å². The number of rotatable bonds is 24. The van der Waals surface area contributed by atoms with Gasteiger partial charge in [-0.25, -0.2) is 37.5 Å². The second-order valence-electron chi connectivity index (χ2n) is 20.8. The third-order valence-corrected chi connectivity index (χ3v) is 15.6. The number of nitrogens with one attached hydrogen (secondary N) is 5. The highest BCUT2D eigenvalue weighted by molar-refractivity contribution is 7.90. The molecule has 0 spiro atoms. The molecule has 5 atom stereocenters. The largest absolute Gasteiger partial charge is 0.497 e. The lowest BCUT2D eigenvalue weighted by Crippen LogP contribution is -2.56. The van der Waals surface area contributed by atoms with Crippen LogP contribution in [0.3, 0.4) is 0 Å². The highest BCUT2D eigenvalue weighted by Gasteiger charge is 2.61. The topological polar surface area (TPSA) is 255 Å². The number of amides is 4. The summed E-state index contributed by atoms with van der Waals surface area (Å²) in [5, 5.41) is 15.3. The normalized spacial score (nSPS) is 19.8. The molecule has 2 saturated carbocycles. The van der Waals surface area contributed by atoms with Gasteiger partial charge in [-0.15, -0.1) is 17.9 Å². The Morgan fingerprint density at radius 1 is 0.947 bits per heavy atom. The Hall–Kier alpha value is -6.68. The third-order valence-electron chi connectivity index (χ3n) is 13.4. The van der Waals surface area contributed by atoms with Crippen LogP contribution < -0.4 is 35.5 Å². The molecule has 20 nitrogen and oxygen atoms in total. The van der Waals surface area contributed by atoms with Crippen molar-refractivity contribution in [1.82, 2.24) is 30.2 Å². The number of benzene rings is 2. The summed E-state index contributed by atoms with van der Waals surface area (Å²) in [7, 11) is -1.65. The molecule has 4 amide bonds. The van der Waals surface area contributed by atoms with Gasteiger partial charge in [0.05, 0.1) is 37.7 Å². The molecule has 4 aromatic rings. The second-order valence-corrected chi connectivity index (χ2v) is 23.3. The van der Waals surface area contributed by atoms with Crippen LogP contribution in [0.5, 0.6) is 11.5 Å². The Morgan fingerprint density at radius 2 is 1.68 bits per heavy atom. The van der Waals surface area contributed by atoms with Gasteiger partial charge >= 0.3 is 18.2 Å². The maximum atomic E-state index is 14.6. The average molecular weight is 1090 g/mol. The molecule has 412 valence electrons. The highest BCUT2D eigenvalue weighted by Crippen LogP contribution is 2.46. The number of pyridine rings is 1. The van der Waals surface area contributed by atoms with E-state index in [1.165, 1.54) is 35.5 Å². The Balaban J connectivity index is 0.985. The van der Waals surface area contributed by atoms with Crippen LogP contribution in [0.25, 0.3) is 22.3 Å². The number of sulfonamides is 1. The van der Waals surface area contributed by atoms with E-state index in [0.29, 0.717) is 59.6 Å². The standard InChI is InChI=1S/C54H72N8O12S2/c1-9-34-30-54(34,49(65)61-76(68,69)46-23-17-16-21-39(46)55-26-18-12-10-11-13-22-40(48(64)71-8)59-51(66)73-35-19-14-15-20-35)60-47(63)44-28-37(31-62(44)52(67)74-53(4,5)6)72-45-29-42(43-32-75-50(58-43)56-33(2)3)57-41-27-36(70-7)24-25-38(41)45/h9,16-17,21,23-25,27,29,32-35,37,40,44,55H,1,10-15,18-20,22,26,28,30-31H2,2-8H3,(H,56,58)(H,59,66)(H,60,63)(H,61,65). The number of aromatic nitrogens is 2. The first kappa shape index (κ1) is 57.0. The molecule has 5 N–H and O–H groups in total. The SMILES string of the molecule is C=CC1CC1(NC(=O)C1CC(Oc2cc(-c3csc(NC(C)C)n3)nc3cc(OC)ccc23)CN1C(=O)OC(C)(C)C)C(=O)NS(=O)(=O)c1ccccc1NCCCCCCCC(NC(=O)OC1CCCC1)C(=O)OC. The van der Waals surface area contributed by atoms with E-state index in [1.54, 1.807) is 64.3 Å². The number of esters is 1. The van der Waals surface area contributed by atoms with Gasteiger partial charge in [-0.2, -0.15) is 0 Å². The first-order chi connectivity index (χ1) is 36.2. The van der Waals surface area contributed by atoms with E-state index < -0.39 is 75.2 Å². The summed E-state index contributed by atoms with van der Waals surface area (Å²) in [5.41, 5.74) is -0.602. The molecule has 22 heteroatoms. The number of likely N-dealkylation sites (tertiary alicyclic amines) is 1. The molecular weight excluding hydrogens is 1020 g/mol. The van der Waals surface area contributed by atoms with Crippen LogP contribution in [0.15, 0.2) is 71.5 Å². The lowest BCUT2D eigenvalue weighted by atomic mass is 10.1. The highest BCUT2D eigenvalue weighted by atomic mass is 32.2. The molecule has 3 fully saturated rings. The minimum atomic E-state index is -4.50. The number of anilines is 2. The van der Waals surface area contributed by atoms with E-state index in [4.69, 9.17) is 33.7 Å². The molecule has 7 rings (SSSR count). The molecule has 5 unspecified atom stereocenters. The maximum absolute atomic E-state index is 14.6. The van der Waals surface area contributed by atoms with Crippen LogP contribution in [0.1, 0.15) is 112 Å². The first-order valence-electron chi connectivity index (χ1n) is 26.0. The van der Waals surface area contributed by atoms with Gasteiger partial charge in [-0.1, -0.05) is 43.9 Å². The van der Waals surface area contributed by atoms with Crippen molar-refractivity contribution in [1.29, 1.82) is 0 Å². The summed E-state index contributed by atoms with van der Waals surface area (Å²) >= 11 is 1.44. The minimum absolute atomic E-state index is 0.000998. The van der Waals surface area contributed by atoms with Crippen molar-refractivity contribution in [3.63, 3.8) is 0 Å². The summed E-state index contributed by atoms with van der Waals surface area (Å²) in [5.74, 6) is -1.79. The molecule has 2 aromatic heterocycles. The predicted octanol–water partition coefficient (Wildman–Crippen LogP) is 8.47. The molecule has 0 bridgehead atoms. The zero-order valence-corrected chi connectivity index (χ0v) is 46.0. The van der Waals surface area contributed by atoms with Crippen molar-refractivity contribution in [3.8, 4) is 22.9 Å². The smallest absolute Gasteiger partial charge is 0.411 e. The number of para-hydroxylation sites is 1. The van der Waals surface area contributed by atoms with Crippen molar-refractivity contribution in [2.75, 3.05) is 37.9 Å². The lowest BCUT2D eigenvalue weighted by molar-refractivity contribution is -0.143. The van der Waals surface area contributed by atoms with Crippen LogP contribution in [0.2, 0.25) is 0 Å². The number of hydrogen-bond donors (Lipinski definition) is 5. The summed E-state index contributed by atoms with van der Waals surface area (Å²) in [4.78, 5) is 78.2. The number of methoxy groups -OCH3 is 2. The molecule has 3 heterocycles. The van der Waals surface area contributed by atoms with Crippen molar-refractivity contribution in [3.05, 3.63) is 66.6 Å². The molecular formula is C54H72N8O12S2. The van der Waals surface area contributed by atoms with Crippen molar-refractivity contribution >= 4 is 73.1 Å². The number of alkyl carbamates (subject to hydrolysis) is 1. The number of carbonyl (C=O) groups is 5. The van der Waals surface area contributed by atoms with E-state index >= 15 is 0 Å². The van der Waals surface area contributed by atoms with Crippen LogP contribution in [-0.4, -0.2) is 122 Å². The summed E-state index contributed by atoms with van der Waals surface area (Å²) in [6.07, 6.45) is 7.13. The molecule has 1 saturated heterocycles. The van der Waals surface area contributed by atoms with Gasteiger partial charge in [-0.05, 0) is 104 Å². The van der Waals surface area contributed by atoms with Crippen molar-refractivity contribution in [2.45, 2.75) is 158 Å². The monoisotopic (exact) mass is 1090 g/mol. The van der Waals surface area contributed by atoms with Crippen molar-refractivity contribution in [2.24, 2.45) is 5.92 Å². The van der Waals surface area contributed by atoms with Gasteiger partial charge in [-0.3, -0.25) is 14.5 Å². The second kappa shape index (κ2) is 25.0. The number of nitrogens with zero attached hydrogens (tertiary/aromatic N) is 3. The van der Waals surface area contributed by atoms with E-state index in [1.807, 2.05) is 25.3 Å². The van der Waals surface area contributed by atoms with Gasteiger partial charge in [0.25, 0.3) is 15.9 Å². The van der Waals surface area contributed by atoms with Gasteiger partial charge in [0.2, 0.25) is 5.91 Å². The Kier molecular flexibility index (Phi) is 18.8. The number of carbonyl (C=O) groups excluding carboxylic acids is 5. The zero-order chi connectivity index (χ0) is 54.8. The van der Waals surface area contributed by atoms with E-state index in [0.717, 1.165) is 50.1 Å². The van der Waals surface area contributed by atoms with E-state index in [2.05, 4.69) is 32.6 Å². The van der Waals surface area contributed by atoms with Crippen LogP contribution >= 0.6 is 11.3 Å². The van der Waals surface area contributed by atoms with Gasteiger partial charge in [0, 0.05) is 47.8 Å². The van der Waals surface area contributed by atoms with E-state index in [-0.39, 0.29) is 42.1 Å². The lowest BCUT2D eigenvalue weighted by Gasteiger charge is -2.29. The summed E-state index contributed by atoms with van der Waals surface area (Å²) < 4.78 is 58.7. The quantitative estimate of drug-likeness (QED) is 0.0191. The molecule has 76 heavy (non-hydrogen) atoms. The number of hydrogen-bond acceptors (Lipinski definition) is 17. The van der Waals surface area contributed by atoms with Crippen molar-refractivity contribution < 1.29 is 56.1 Å². The summed E-state index contributed by atoms with van der Waals surface area (Å²) in [6.45, 7) is 13.4. The molecule has 2 aromatic carbocycles. The molecule has 1 aliphatic heterocycles. The summed E-state index contributed by atoms with van der Waals surface area (Å²) in [6, 6.07) is 11.6. The average Bonchev–Trinajstić information content (AvgIpc) is 3.84. The predicted molar refractivity (Wildman–Crippen MR) is 289 cm³/mol. The minimum Gasteiger partial charge on any atom is -0.497 e. The van der Waals surface area contributed by atoms with Crippen LogP contribution in [-0.2, 0) is 38.6 Å². The molecule has 0 radical (unpaired) electrons. The van der Waals surface area contributed by atoms with E-state index in [9.17, 15) is 32.4 Å². The Morgan fingerprint density at radius 3 is 2.38 bits per heavy atom. The van der Waals surface area contributed by atoms with Crippen LogP contribution in [0, 0.1) is 5.92 Å². The maximum Gasteiger partial charge on any atom is 0.411 e. The Bertz CT molecular complexity index is 2850. The number of thiazole rings is 1. The fourth-order valence-electron chi connectivity index (χ4n) is 9.47. The van der Waals surface area contributed by atoms with Gasteiger partial charge in [0.1, 0.15) is 57.5 Å². The number of unbranched alkanes of at least 4 members (excludes halogenated alkanes) is 4. The Labute approximate surface area is 448 Å². The number of ether oxygens (including phenoxy) is 5. The molecule has 2 aliphatic carbocycles. The van der Waals surface area contributed by atoms with Gasteiger partial charge in [0.15, 0.2) is 5.13 Å². The fourth-order valence-corrected chi connectivity index (χ4v) is 11.5. The first-order valence-corrected chi connectivity index (χ1v) is 28.4. The zero-order valence-electron chi connectivity index (χ0n) is 44.4. The molecule has 3 aliphatic rings. The number of fused-ring (bicyclic) bond motifs is 1. The fraction of sp³-hybridized carbons (Fsp3) is 0.537.